The fraction of sp³-hybridized carbons (Fsp3) is 0.878. The number of rotatable bonds is 10. The summed E-state index contributed by atoms with van der Waals surface area (Å²) in [7, 11) is 0. The fourth-order valence-corrected chi connectivity index (χ4v) is 12.6. The van der Waals surface area contributed by atoms with Crippen LogP contribution in [0.1, 0.15) is 140 Å². The number of nitrogens with one attached hydrogen (secondary N) is 1. The average Bonchev–Trinajstić information content (AvgIpc) is 3.27. The molecular formula is C41H67NO6. The van der Waals surface area contributed by atoms with Gasteiger partial charge in [0.05, 0.1) is 17.9 Å². The van der Waals surface area contributed by atoms with Crippen molar-refractivity contribution in [2.75, 3.05) is 13.1 Å². The number of hydrogen-bond donors (Lipinski definition) is 3. The lowest BCUT2D eigenvalue weighted by Crippen LogP contribution is -2.66. The van der Waals surface area contributed by atoms with Crippen LogP contribution in [0.25, 0.3) is 0 Å². The van der Waals surface area contributed by atoms with Gasteiger partial charge in [0.15, 0.2) is 5.78 Å². The molecule has 3 N–H and O–H groups in total. The topological polar surface area (TPSA) is 113 Å². The number of esters is 1. The van der Waals surface area contributed by atoms with Crippen LogP contribution in [-0.4, -0.2) is 53.2 Å². The van der Waals surface area contributed by atoms with Crippen molar-refractivity contribution in [3.63, 3.8) is 0 Å². The average molecular weight is 670 g/mol. The molecule has 5 rings (SSSR count). The molecule has 7 heteroatoms. The summed E-state index contributed by atoms with van der Waals surface area (Å²) in [6.45, 7) is 25.4. The Morgan fingerprint density at radius 1 is 0.896 bits per heavy atom. The monoisotopic (exact) mass is 669 g/mol. The van der Waals surface area contributed by atoms with E-state index in [1.54, 1.807) is 13.8 Å². The molecule has 0 heterocycles. The predicted octanol–water partition coefficient (Wildman–Crippen LogP) is 7.99. The number of ketones is 1. The van der Waals surface area contributed by atoms with Gasteiger partial charge in [0.1, 0.15) is 6.10 Å². The molecule has 0 aromatic rings. The van der Waals surface area contributed by atoms with Gasteiger partial charge in [-0.1, -0.05) is 67.9 Å². The molecule has 0 bridgehead atoms. The minimum atomic E-state index is -1.15. The van der Waals surface area contributed by atoms with Gasteiger partial charge in [0, 0.05) is 23.8 Å². The maximum Gasteiger partial charge on any atom is 0.309 e. The van der Waals surface area contributed by atoms with E-state index in [-0.39, 0.29) is 45.9 Å². The Kier molecular flexibility index (Phi) is 9.77. The Hall–Kier alpha value is -1.73. The maximum absolute atomic E-state index is 13.9. The molecule has 272 valence electrons. The van der Waals surface area contributed by atoms with Gasteiger partial charge in [-0.3, -0.25) is 14.4 Å². The highest BCUT2D eigenvalue weighted by Gasteiger charge is 2.70. The molecular weight excluding hydrogens is 602 g/mol. The van der Waals surface area contributed by atoms with Gasteiger partial charge < -0.3 is 20.3 Å². The molecule has 7 nitrogen and oxygen atoms in total. The van der Waals surface area contributed by atoms with Crippen LogP contribution in [0.3, 0.4) is 0 Å². The summed E-state index contributed by atoms with van der Waals surface area (Å²) >= 11 is 0. The van der Waals surface area contributed by atoms with Gasteiger partial charge in [-0.25, -0.2) is 0 Å². The summed E-state index contributed by atoms with van der Waals surface area (Å²) in [5, 5.41) is 25.0. The zero-order valence-electron chi connectivity index (χ0n) is 32.1. The summed E-state index contributed by atoms with van der Waals surface area (Å²) in [6.07, 6.45) is 7.52. The van der Waals surface area contributed by atoms with E-state index < -0.39 is 28.9 Å². The van der Waals surface area contributed by atoms with Crippen LogP contribution in [-0.2, 0) is 19.1 Å². The van der Waals surface area contributed by atoms with Crippen LogP contribution in [0.5, 0.6) is 0 Å². The number of hydrogen-bond acceptors (Lipinski definition) is 6. The molecule has 0 saturated heterocycles. The molecule has 0 unspecified atom stereocenters. The maximum atomic E-state index is 13.9. The first-order chi connectivity index (χ1) is 22.1. The SMILES string of the molecule is CC(C)CNC[C@@H](O)[C@@]12CC[C@]3(C)[C@H](CC[C@@H]4[C@@]5(C)CC[C@H](OC(=O)CC(C)(C)C(=O)O)C(C)(C)[C@H]5CC[C@]43C)C1=C(C(C)C)C(=O)C2. The third kappa shape index (κ3) is 5.64. The van der Waals surface area contributed by atoms with Gasteiger partial charge in [-0.2, -0.15) is 0 Å². The number of aliphatic hydroxyl groups is 1. The third-order valence-electron chi connectivity index (χ3n) is 15.4. The lowest BCUT2D eigenvalue weighted by molar-refractivity contribution is -0.235. The Bertz CT molecular complexity index is 1330. The van der Waals surface area contributed by atoms with E-state index in [2.05, 4.69) is 67.6 Å². The number of carboxylic acids is 1. The number of ether oxygens (including phenoxy) is 1. The van der Waals surface area contributed by atoms with Crippen molar-refractivity contribution in [3.05, 3.63) is 11.1 Å². The van der Waals surface area contributed by atoms with E-state index >= 15 is 0 Å². The van der Waals surface area contributed by atoms with Gasteiger partial charge in [0.25, 0.3) is 0 Å². The van der Waals surface area contributed by atoms with E-state index in [0.717, 1.165) is 63.5 Å². The summed E-state index contributed by atoms with van der Waals surface area (Å²) in [5.74, 6) is 0.696. The van der Waals surface area contributed by atoms with Gasteiger partial charge in [0.2, 0.25) is 0 Å². The minimum absolute atomic E-state index is 0.0223. The molecule has 9 atom stereocenters. The van der Waals surface area contributed by atoms with Crippen molar-refractivity contribution in [2.24, 2.45) is 62.1 Å². The largest absolute Gasteiger partial charge is 0.481 e. The number of carboxylic acid groups (broad SMARTS) is 1. The fourth-order valence-electron chi connectivity index (χ4n) is 12.6. The predicted molar refractivity (Wildman–Crippen MR) is 189 cm³/mol. The highest BCUT2D eigenvalue weighted by molar-refractivity contribution is 6.00. The Balaban J connectivity index is 1.44. The Labute approximate surface area is 290 Å². The molecule has 4 saturated carbocycles. The second kappa shape index (κ2) is 12.5. The van der Waals surface area contributed by atoms with E-state index in [1.807, 2.05) is 0 Å². The van der Waals surface area contributed by atoms with Crippen molar-refractivity contribution in [1.82, 2.24) is 5.32 Å². The van der Waals surface area contributed by atoms with E-state index in [1.165, 1.54) is 5.57 Å². The molecule has 5 aliphatic carbocycles. The number of carbonyl (C=O) groups is 3. The van der Waals surface area contributed by atoms with Gasteiger partial charge >= 0.3 is 11.9 Å². The number of fused-ring (bicyclic) bond motifs is 7. The Morgan fingerprint density at radius 2 is 1.56 bits per heavy atom. The standard InChI is InChI=1S/C41H67NO6/c1-24(2)22-42-23-30(44)41-19-18-39(10)26(34(41)33(25(3)4)27(43)20-41)12-13-29-38(9)16-15-31(48-32(45)21-36(5,6)35(46)47)37(7,8)28(38)14-17-40(29,39)11/h24-26,28-31,42,44H,12-23H2,1-11H3,(H,46,47)/t26-,28-,29-,30-,31+,38+,39-,40-,41+/m1/s1. The zero-order valence-corrected chi connectivity index (χ0v) is 32.1. The first-order valence-electron chi connectivity index (χ1n) is 19.2. The molecule has 4 fully saturated rings. The molecule has 48 heavy (non-hydrogen) atoms. The van der Waals surface area contributed by atoms with Crippen LogP contribution >= 0.6 is 0 Å². The smallest absolute Gasteiger partial charge is 0.309 e. The third-order valence-corrected chi connectivity index (χ3v) is 15.4. The number of allylic oxidation sites excluding steroid dienone is 1. The Morgan fingerprint density at radius 3 is 2.17 bits per heavy atom. The number of carbonyl (C=O) groups excluding carboxylic acids is 2. The first kappa shape index (κ1) is 37.5. The van der Waals surface area contributed by atoms with Crippen molar-refractivity contribution in [3.8, 4) is 0 Å². The molecule has 0 aromatic heterocycles. The lowest BCUT2D eigenvalue weighted by Gasteiger charge is -2.72. The molecule has 0 spiro atoms. The van der Waals surface area contributed by atoms with Crippen LogP contribution < -0.4 is 5.32 Å². The highest BCUT2D eigenvalue weighted by Crippen LogP contribution is 2.77. The van der Waals surface area contributed by atoms with Crippen LogP contribution in [0.4, 0.5) is 0 Å². The lowest BCUT2D eigenvalue weighted by atomic mass is 9.33. The second-order valence-corrected chi connectivity index (χ2v) is 19.6. The number of aliphatic carboxylic acids is 1. The molecule has 0 amide bonds. The van der Waals surface area contributed by atoms with Crippen molar-refractivity contribution in [2.45, 2.75) is 153 Å². The summed E-state index contributed by atoms with van der Waals surface area (Å²) in [4.78, 5) is 38.6. The molecule has 0 aliphatic heterocycles. The van der Waals surface area contributed by atoms with Crippen LogP contribution in [0.15, 0.2) is 11.1 Å². The summed E-state index contributed by atoms with van der Waals surface area (Å²) in [5.41, 5.74) is 0.687. The van der Waals surface area contributed by atoms with Crippen molar-refractivity contribution >= 4 is 17.7 Å². The van der Waals surface area contributed by atoms with Gasteiger partial charge in [-0.15, -0.1) is 0 Å². The number of Topliss-reactive ketones (excluding diaryl/α,β-unsaturated/α-hetero) is 1. The quantitative estimate of drug-likeness (QED) is 0.202. The van der Waals surface area contributed by atoms with Crippen LogP contribution in [0.2, 0.25) is 0 Å². The van der Waals surface area contributed by atoms with Crippen LogP contribution in [0, 0.1) is 62.1 Å². The minimum Gasteiger partial charge on any atom is -0.481 e. The summed E-state index contributed by atoms with van der Waals surface area (Å²) < 4.78 is 6.15. The first-order valence-corrected chi connectivity index (χ1v) is 19.2. The number of aliphatic hydroxyl groups excluding tert-OH is 1. The normalized spacial score (nSPS) is 39.8. The van der Waals surface area contributed by atoms with E-state index in [4.69, 9.17) is 4.74 Å². The van der Waals surface area contributed by atoms with Gasteiger partial charge in [-0.05, 0) is 123 Å². The van der Waals surface area contributed by atoms with E-state index in [0.29, 0.717) is 36.6 Å². The second-order valence-electron chi connectivity index (χ2n) is 19.6. The summed E-state index contributed by atoms with van der Waals surface area (Å²) in [6, 6.07) is 0. The molecule has 0 aromatic carbocycles. The molecule has 0 radical (unpaired) electrons. The van der Waals surface area contributed by atoms with E-state index in [9.17, 15) is 24.6 Å². The zero-order chi connectivity index (χ0) is 35.8. The van der Waals surface area contributed by atoms with Crippen molar-refractivity contribution in [1.29, 1.82) is 0 Å². The van der Waals surface area contributed by atoms with Crippen molar-refractivity contribution < 1.29 is 29.3 Å². The highest BCUT2D eigenvalue weighted by atomic mass is 16.5. The molecule has 5 aliphatic rings.